The molecule has 1 aromatic rings. The minimum atomic E-state index is -1.10. The Morgan fingerprint density at radius 2 is 1.94 bits per heavy atom. The van der Waals surface area contributed by atoms with Gasteiger partial charge in [0.1, 0.15) is 18.1 Å². The average molecular weight is 512 g/mol. The number of hydrogen-bond acceptors (Lipinski definition) is 8. The molecule has 0 radical (unpaired) electrons. The van der Waals surface area contributed by atoms with Crippen molar-refractivity contribution in [1.82, 2.24) is 25.5 Å². The van der Waals surface area contributed by atoms with Gasteiger partial charge in [0.25, 0.3) is 0 Å². The largest absolute Gasteiger partial charge is 0.480 e. The number of hydrogen-bond donors (Lipinski definition) is 6. The standard InChI is InChI=1S/C21H33N7O6S/c1-35-8-6-14(26-18(30)13(22)4-5-17(23)29)19(31)27-15(9-12-10-24-11-25-12)20(32)28-7-2-3-16(28)21(33)34/h10-11,13-16H,2-9,22H2,1H3,(H2,23,29)(H,24,25)(H,26,30)(H,27,31)(H,33,34). The predicted molar refractivity (Wildman–Crippen MR) is 128 cm³/mol. The van der Waals surface area contributed by atoms with Crippen LogP contribution >= 0.6 is 11.8 Å². The molecule has 4 unspecified atom stereocenters. The fourth-order valence-corrected chi connectivity index (χ4v) is 4.26. The number of aliphatic carboxylic acids is 1. The van der Waals surface area contributed by atoms with Gasteiger partial charge in [-0.05, 0) is 37.7 Å². The summed E-state index contributed by atoms with van der Waals surface area (Å²) in [6.45, 7) is 0.270. The smallest absolute Gasteiger partial charge is 0.326 e. The third-order valence-electron chi connectivity index (χ3n) is 5.70. The molecule has 1 fully saturated rings. The maximum Gasteiger partial charge on any atom is 0.326 e. The first-order valence-electron chi connectivity index (χ1n) is 11.3. The van der Waals surface area contributed by atoms with Gasteiger partial charge in [0, 0.05) is 31.3 Å². The SMILES string of the molecule is CSCCC(NC(=O)C(N)CCC(N)=O)C(=O)NC(Cc1cnc[nH]1)C(=O)N1CCCC1C(=O)O. The first kappa shape index (κ1) is 28.1. The van der Waals surface area contributed by atoms with Gasteiger partial charge in [0.15, 0.2) is 0 Å². The Morgan fingerprint density at radius 1 is 1.23 bits per heavy atom. The molecule has 0 spiro atoms. The normalized spacial score (nSPS) is 17.9. The summed E-state index contributed by atoms with van der Waals surface area (Å²) in [4.78, 5) is 69.6. The molecule has 4 amide bonds. The molecule has 0 aliphatic carbocycles. The fourth-order valence-electron chi connectivity index (χ4n) is 3.79. The number of carboxylic acids is 1. The number of carboxylic acid groups (broad SMARTS) is 1. The molecule has 1 aromatic heterocycles. The summed E-state index contributed by atoms with van der Waals surface area (Å²) < 4.78 is 0. The highest BCUT2D eigenvalue weighted by Crippen LogP contribution is 2.19. The first-order valence-corrected chi connectivity index (χ1v) is 12.7. The lowest BCUT2D eigenvalue weighted by molar-refractivity contribution is -0.149. The van der Waals surface area contributed by atoms with Gasteiger partial charge in [0.2, 0.25) is 23.6 Å². The number of thioether (sulfide) groups is 1. The van der Waals surface area contributed by atoms with Gasteiger partial charge in [-0.2, -0.15) is 11.8 Å². The number of rotatable bonds is 14. The lowest BCUT2D eigenvalue weighted by atomic mass is 10.1. The van der Waals surface area contributed by atoms with Crippen molar-refractivity contribution in [1.29, 1.82) is 0 Å². The average Bonchev–Trinajstić information content (AvgIpc) is 3.51. The molecule has 1 aliphatic heterocycles. The third kappa shape index (κ3) is 8.55. The Bertz CT molecular complexity index is 897. The summed E-state index contributed by atoms with van der Waals surface area (Å²) in [5.41, 5.74) is 11.5. The van der Waals surface area contributed by atoms with Gasteiger partial charge in [-0.25, -0.2) is 9.78 Å². The number of amides is 4. The molecule has 2 heterocycles. The molecule has 4 atom stereocenters. The predicted octanol–water partition coefficient (Wildman–Crippen LogP) is -1.66. The van der Waals surface area contributed by atoms with Crippen LogP contribution in [0.1, 0.15) is 37.8 Å². The van der Waals surface area contributed by atoms with E-state index >= 15 is 0 Å². The van der Waals surface area contributed by atoms with Crippen LogP contribution in [0.2, 0.25) is 0 Å². The number of imidazole rings is 1. The quantitative estimate of drug-likeness (QED) is 0.168. The van der Waals surface area contributed by atoms with Crippen LogP contribution in [0.3, 0.4) is 0 Å². The number of H-pyrrole nitrogens is 1. The van der Waals surface area contributed by atoms with Gasteiger partial charge >= 0.3 is 5.97 Å². The van der Waals surface area contributed by atoms with Gasteiger partial charge in [-0.3, -0.25) is 19.2 Å². The van der Waals surface area contributed by atoms with Crippen LogP contribution in [0, 0.1) is 0 Å². The van der Waals surface area contributed by atoms with Crippen molar-refractivity contribution in [2.24, 2.45) is 11.5 Å². The summed E-state index contributed by atoms with van der Waals surface area (Å²) in [5, 5.41) is 14.8. The Labute approximate surface area is 207 Å². The summed E-state index contributed by atoms with van der Waals surface area (Å²) in [5.74, 6) is -2.88. The highest BCUT2D eigenvalue weighted by molar-refractivity contribution is 7.98. The number of aromatic nitrogens is 2. The van der Waals surface area contributed by atoms with Crippen molar-refractivity contribution in [2.45, 2.75) is 62.7 Å². The number of carbonyl (C=O) groups is 5. The molecule has 194 valence electrons. The molecule has 13 nitrogen and oxygen atoms in total. The molecular weight excluding hydrogens is 478 g/mol. The number of nitrogens with zero attached hydrogens (tertiary/aromatic N) is 2. The summed E-state index contributed by atoms with van der Waals surface area (Å²) >= 11 is 1.47. The van der Waals surface area contributed by atoms with E-state index in [0.717, 1.165) is 0 Å². The van der Waals surface area contributed by atoms with E-state index in [9.17, 15) is 29.1 Å². The zero-order valence-electron chi connectivity index (χ0n) is 19.6. The van der Waals surface area contributed by atoms with E-state index in [-0.39, 0.29) is 32.2 Å². The van der Waals surface area contributed by atoms with Crippen LogP contribution in [0.4, 0.5) is 0 Å². The molecule has 1 aliphatic rings. The van der Waals surface area contributed by atoms with Crippen molar-refractivity contribution in [2.75, 3.05) is 18.6 Å². The molecule has 1 saturated heterocycles. The Balaban J connectivity index is 2.16. The number of primary amides is 1. The minimum Gasteiger partial charge on any atom is -0.480 e. The van der Waals surface area contributed by atoms with Crippen LogP contribution in [-0.2, 0) is 30.4 Å². The fraction of sp³-hybridized carbons (Fsp3) is 0.619. The Hall–Kier alpha value is -3.13. The topological polar surface area (TPSA) is 214 Å². The van der Waals surface area contributed by atoms with Gasteiger partial charge < -0.3 is 37.1 Å². The van der Waals surface area contributed by atoms with Crippen LogP contribution in [0.25, 0.3) is 0 Å². The second-order valence-electron chi connectivity index (χ2n) is 8.32. The molecule has 0 aromatic carbocycles. The lowest BCUT2D eigenvalue weighted by Gasteiger charge is -2.28. The highest BCUT2D eigenvalue weighted by Gasteiger charge is 2.38. The number of nitrogens with two attached hydrogens (primary N) is 2. The van der Waals surface area contributed by atoms with Gasteiger partial charge in [-0.15, -0.1) is 0 Å². The molecule has 0 saturated carbocycles. The Morgan fingerprint density at radius 3 is 2.54 bits per heavy atom. The number of nitrogens with one attached hydrogen (secondary N) is 3. The van der Waals surface area contributed by atoms with E-state index in [1.807, 2.05) is 6.26 Å². The molecule has 0 bridgehead atoms. The van der Waals surface area contributed by atoms with Crippen molar-refractivity contribution >= 4 is 41.4 Å². The number of likely N-dealkylation sites (tertiary alicyclic amines) is 1. The van der Waals surface area contributed by atoms with Crippen LogP contribution < -0.4 is 22.1 Å². The number of aromatic amines is 1. The second-order valence-corrected chi connectivity index (χ2v) is 9.31. The summed E-state index contributed by atoms with van der Waals surface area (Å²) in [7, 11) is 0. The van der Waals surface area contributed by atoms with Crippen molar-refractivity contribution in [3.05, 3.63) is 18.2 Å². The second kappa shape index (κ2) is 13.7. The van der Waals surface area contributed by atoms with Crippen LogP contribution in [0.5, 0.6) is 0 Å². The summed E-state index contributed by atoms with van der Waals surface area (Å²) in [6.07, 6.45) is 5.97. The van der Waals surface area contributed by atoms with E-state index in [0.29, 0.717) is 24.3 Å². The number of carbonyl (C=O) groups excluding carboxylic acids is 4. The van der Waals surface area contributed by atoms with E-state index < -0.39 is 53.8 Å². The van der Waals surface area contributed by atoms with E-state index in [1.54, 1.807) is 0 Å². The lowest BCUT2D eigenvalue weighted by Crippen LogP contribution is -2.57. The monoisotopic (exact) mass is 511 g/mol. The molecule has 8 N–H and O–H groups in total. The molecular formula is C21H33N7O6S. The van der Waals surface area contributed by atoms with Gasteiger partial charge in [0.05, 0.1) is 12.4 Å². The minimum absolute atomic E-state index is 0.0322. The van der Waals surface area contributed by atoms with Crippen molar-refractivity contribution in [3.63, 3.8) is 0 Å². The van der Waals surface area contributed by atoms with E-state index in [4.69, 9.17) is 11.5 Å². The van der Waals surface area contributed by atoms with E-state index in [1.165, 1.54) is 29.2 Å². The van der Waals surface area contributed by atoms with E-state index in [2.05, 4.69) is 20.6 Å². The maximum atomic E-state index is 13.3. The molecule has 35 heavy (non-hydrogen) atoms. The summed E-state index contributed by atoms with van der Waals surface area (Å²) in [6, 6.07) is -4.05. The zero-order chi connectivity index (χ0) is 26.0. The van der Waals surface area contributed by atoms with Crippen LogP contribution in [-0.4, -0.2) is 92.3 Å². The first-order chi connectivity index (χ1) is 16.6. The molecule has 14 heteroatoms. The van der Waals surface area contributed by atoms with Gasteiger partial charge in [-0.1, -0.05) is 0 Å². The third-order valence-corrected chi connectivity index (χ3v) is 6.34. The molecule has 2 rings (SSSR count). The van der Waals surface area contributed by atoms with Crippen molar-refractivity contribution in [3.8, 4) is 0 Å². The van der Waals surface area contributed by atoms with Crippen LogP contribution in [0.15, 0.2) is 12.5 Å². The maximum absolute atomic E-state index is 13.3. The van der Waals surface area contributed by atoms with Crippen molar-refractivity contribution < 1.29 is 29.1 Å². The zero-order valence-corrected chi connectivity index (χ0v) is 20.4. The Kier molecular flexibility index (Phi) is 11.0. The highest BCUT2D eigenvalue weighted by atomic mass is 32.2.